The number of methoxy groups -OCH3 is 2. The Balaban J connectivity index is 1.74. The molecule has 1 N–H and O–H groups in total. The first kappa shape index (κ1) is 28.7. The summed E-state index contributed by atoms with van der Waals surface area (Å²) in [5.74, 6) is -0.800. The van der Waals surface area contributed by atoms with Gasteiger partial charge >= 0.3 is 6.18 Å². The van der Waals surface area contributed by atoms with Gasteiger partial charge in [0, 0.05) is 52.7 Å². The number of nitrogens with one attached hydrogen (secondary N) is 1. The monoisotopic (exact) mass is 536 g/mol. The van der Waals surface area contributed by atoms with E-state index in [9.17, 15) is 18.0 Å². The number of aromatic nitrogens is 2. The van der Waals surface area contributed by atoms with Crippen molar-refractivity contribution in [3.8, 4) is 11.1 Å². The molecular formula is C26H31F3N4O3S. The lowest BCUT2D eigenvalue weighted by molar-refractivity contribution is -0.141. The first-order chi connectivity index (χ1) is 17.7. The van der Waals surface area contributed by atoms with Crippen molar-refractivity contribution in [1.82, 2.24) is 20.2 Å². The fraction of sp³-hybridized carbons (Fsp3) is 0.423. The van der Waals surface area contributed by atoms with Crippen molar-refractivity contribution in [2.24, 2.45) is 0 Å². The molecule has 0 bridgehead atoms. The number of carbonyl (C=O) groups excluding carboxylic acids is 1. The van der Waals surface area contributed by atoms with Crippen LogP contribution < -0.4 is 5.32 Å². The van der Waals surface area contributed by atoms with Gasteiger partial charge in [0.25, 0.3) is 5.91 Å². The topological polar surface area (TPSA) is 76.6 Å². The van der Waals surface area contributed by atoms with Crippen LogP contribution in [-0.4, -0.2) is 67.8 Å². The molecule has 37 heavy (non-hydrogen) atoms. The van der Waals surface area contributed by atoms with Gasteiger partial charge < -0.3 is 14.8 Å². The van der Waals surface area contributed by atoms with Gasteiger partial charge in [-0.05, 0) is 35.7 Å². The summed E-state index contributed by atoms with van der Waals surface area (Å²) in [5, 5.41) is 2.96. The molecule has 1 amide bonds. The summed E-state index contributed by atoms with van der Waals surface area (Å²) in [5.41, 5.74) is 1.41. The number of amides is 1. The number of pyridine rings is 1. The Morgan fingerprint density at radius 2 is 1.78 bits per heavy atom. The Kier molecular flexibility index (Phi) is 10.6. The van der Waals surface area contributed by atoms with E-state index < -0.39 is 28.7 Å². The van der Waals surface area contributed by atoms with Crippen LogP contribution in [0.4, 0.5) is 13.2 Å². The van der Waals surface area contributed by atoms with Crippen LogP contribution in [0.15, 0.2) is 48.8 Å². The number of rotatable bonds is 13. The van der Waals surface area contributed by atoms with E-state index in [1.807, 2.05) is 41.3 Å². The Morgan fingerprint density at radius 1 is 1.08 bits per heavy atom. The molecule has 0 aliphatic rings. The molecule has 0 aliphatic carbocycles. The van der Waals surface area contributed by atoms with Crippen molar-refractivity contribution in [2.75, 3.05) is 47.1 Å². The summed E-state index contributed by atoms with van der Waals surface area (Å²) in [6.07, 6.45) is -1.06. The van der Waals surface area contributed by atoms with E-state index in [1.54, 1.807) is 33.5 Å². The predicted octanol–water partition coefficient (Wildman–Crippen LogP) is 4.85. The number of halogens is 3. The van der Waals surface area contributed by atoms with Gasteiger partial charge in [0.1, 0.15) is 4.88 Å². The Labute approximate surface area is 218 Å². The molecule has 7 nitrogen and oxygen atoms in total. The van der Waals surface area contributed by atoms with Crippen LogP contribution in [0.25, 0.3) is 11.1 Å². The average Bonchev–Trinajstić information content (AvgIpc) is 3.34. The third-order valence-corrected chi connectivity index (χ3v) is 6.85. The van der Waals surface area contributed by atoms with Crippen LogP contribution >= 0.6 is 11.3 Å². The normalized spacial score (nSPS) is 12.6. The summed E-state index contributed by atoms with van der Waals surface area (Å²) in [6.45, 7) is 4.40. The molecule has 0 spiro atoms. The highest BCUT2D eigenvalue weighted by Crippen LogP contribution is 2.35. The van der Waals surface area contributed by atoms with Crippen LogP contribution in [0, 0.1) is 0 Å². The summed E-state index contributed by atoms with van der Waals surface area (Å²) in [4.78, 5) is 22.5. The summed E-state index contributed by atoms with van der Waals surface area (Å²) in [6, 6.07) is 10.7. The molecule has 2 heterocycles. The minimum absolute atomic E-state index is 0.253. The SMILES string of the molecule is COCCN(CCOC)CCc1nc(C(F)(F)F)c(C(=O)N[C@@H](C)c2cccc(-c3cccnc3)c2)s1. The predicted molar refractivity (Wildman–Crippen MR) is 137 cm³/mol. The number of alkyl halides is 3. The van der Waals surface area contributed by atoms with Crippen molar-refractivity contribution in [2.45, 2.75) is 25.6 Å². The molecule has 1 atom stereocenters. The number of benzene rings is 1. The second-order valence-electron chi connectivity index (χ2n) is 8.42. The number of hydrogen-bond donors (Lipinski definition) is 1. The number of carbonyl (C=O) groups is 1. The highest BCUT2D eigenvalue weighted by molar-refractivity contribution is 7.13. The maximum atomic E-state index is 13.8. The van der Waals surface area contributed by atoms with Crippen molar-refractivity contribution < 1.29 is 27.4 Å². The van der Waals surface area contributed by atoms with Crippen LogP contribution in [0.2, 0.25) is 0 Å². The van der Waals surface area contributed by atoms with Crippen LogP contribution in [0.1, 0.15) is 38.9 Å². The van der Waals surface area contributed by atoms with Gasteiger partial charge in [-0.3, -0.25) is 14.7 Å². The molecule has 0 saturated heterocycles. The molecule has 1 aromatic carbocycles. The van der Waals surface area contributed by atoms with Crippen molar-refractivity contribution in [3.63, 3.8) is 0 Å². The molecule has 0 fully saturated rings. The van der Waals surface area contributed by atoms with E-state index in [0.717, 1.165) is 28.0 Å². The molecule has 2 aromatic heterocycles. The maximum absolute atomic E-state index is 13.8. The van der Waals surface area contributed by atoms with Gasteiger partial charge in [0.05, 0.1) is 24.3 Å². The highest BCUT2D eigenvalue weighted by atomic mass is 32.1. The van der Waals surface area contributed by atoms with Gasteiger partial charge in [-0.2, -0.15) is 13.2 Å². The fourth-order valence-electron chi connectivity index (χ4n) is 3.71. The zero-order valence-corrected chi connectivity index (χ0v) is 21.9. The van der Waals surface area contributed by atoms with Gasteiger partial charge in [0.15, 0.2) is 5.69 Å². The molecule has 0 radical (unpaired) electrons. The van der Waals surface area contributed by atoms with E-state index in [2.05, 4.69) is 15.3 Å². The van der Waals surface area contributed by atoms with Gasteiger partial charge in [0.2, 0.25) is 0 Å². The van der Waals surface area contributed by atoms with Crippen LogP contribution in [0.5, 0.6) is 0 Å². The van der Waals surface area contributed by atoms with Gasteiger partial charge in [-0.1, -0.05) is 24.3 Å². The third kappa shape index (κ3) is 8.32. The summed E-state index contributed by atoms with van der Waals surface area (Å²) >= 11 is 0.781. The molecule has 0 unspecified atom stereocenters. The van der Waals surface area contributed by atoms with Crippen LogP contribution in [0.3, 0.4) is 0 Å². The van der Waals surface area contributed by atoms with Crippen LogP contribution in [-0.2, 0) is 22.1 Å². The average molecular weight is 537 g/mol. The van der Waals surface area contributed by atoms with Gasteiger partial charge in [-0.15, -0.1) is 11.3 Å². The Morgan fingerprint density at radius 3 is 2.41 bits per heavy atom. The van der Waals surface area contributed by atoms with Crippen molar-refractivity contribution >= 4 is 17.2 Å². The van der Waals surface area contributed by atoms with E-state index in [1.165, 1.54) is 0 Å². The molecule has 3 aromatic rings. The Bertz CT molecular complexity index is 1130. The number of nitrogens with zero attached hydrogens (tertiary/aromatic N) is 3. The number of ether oxygens (including phenoxy) is 2. The zero-order chi connectivity index (χ0) is 26.8. The van der Waals surface area contributed by atoms with E-state index >= 15 is 0 Å². The molecule has 3 rings (SSSR count). The molecule has 0 saturated carbocycles. The number of thiazole rings is 1. The Hall–Kier alpha value is -2.86. The first-order valence-electron chi connectivity index (χ1n) is 11.8. The zero-order valence-electron chi connectivity index (χ0n) is 21.0. The molecular weight excluding hydrogens is 505 g/mol. The lowest BCUT2D eigenvalue weighted by Crippen LogP contribution is -2.32. The first-order valence-corrected chi connectivity index (χ1v) is 12.6. The van der Waals surface area contributed by atoms with Crippen molar-refractivity contribution in [3.05, 3.63) is 69.9 Å². The minimum Gasteiger partial charge on any atom is -0.383 e. The minimum atomic E-state index is -4.74. The molecule has 0 aliphatic heterocycles. The highest BCUT2D eigenvalue weighted by Gasteiger charge is 2.39. The standard InChI is InChI=1S/C26H31F3N4O3S/c1-18(19-6-4-7-20(16-19)21-8-5-10-30-17-21)31-25(34)23-24(26(27,28)29)32-22(37-23)9-11-33(12-14-35-2)13-15-36-3/h4-8,10,16-18H,9,11-15H2,1-3H3,(H,31,34)/t18-/m0/s1. The van der Waals surface area contributed by atoms with E-state index in [0.29, 0.717) is 32.8 Å². The molecule has 200 valence electrons. The second kappa shape index (κ2) is 13.6. The third-order valence-electron chi connectivity index (χ3n) is 5.74. The van der Waals surface area contributed by atoms with Gasteiger partial charge in [-0.25, -0.2) is 4.98 Å². The second-order valence-corrected chi connectivity index (χ2v) is 9.51. The van der Waals surface area contributed by atoms with E-state index in [4.69, 9.17) is 9.47 Å². The number of hydrogen-bond acceptors (Lipinski definition) is 7. The quantitative estimate of drug-likeness (QED) is 0.337. The molecule has 11 heteroatoms. The lowest BCUT2D eigenvalue weighted by atomic mass is 10.0. The summed E-state index contributed by atoms with van der Waals surface area (Å²) < 4.78 is 51.5. The lowest BCUT2D eigenvalue weighted by Gasteiger charge is -2.20. The van der Waals surface area contributed by atoms with Crippen molar-refractivity contribution in [1.29, 1.82) is 0 Å². The largest absolute Gasteiger partial charge is 0.435 e. The maximum Gasteiger partial charge on any atom is 0.435 e. The smallest absolute Gasteiger partial charge is 0.383 e. The van der Waals surface area contributed by atoms with E-state index in [-0.39, 0.29) is 11.4 Å². The summed E-state index contributed by atoms with van der Waals surface area (Å²) in [7, 11) is 3.18. The fourth-order valence-corrected chi connectivity index (χ4v) is 4.69.